The molecule has 0 aliphatic rings. The fourth-order valence-electron chi connectivity index (χ4n) is 2.60. The van der Waals surface area contributed by atoms with Gasteiger partial charge in [0.05, 0.1) is 12.1 Å². The molecule has 0 N–H and O–H groups in total. The van der Waals surface area contributed by atoms with Gasteiger partial charge in [-0.3, -0.25) is 4.79 Å². The van der Waals surface area contributed by atoms with Crippen LogP contribution in [0.4, 0.5) is 0 Å². The molecule has 3 rings (SSSR count). The standard InChI is InChI=1S/C21H21N3O3/c1-15(2)17-7-9-18(10-8-17)20(25)12-27-21(26)19-5-3-16(4-6-19)11-24-14-22-13-23-24/h3-10,13-15H,11-12H2,1-2H3. The monoisotopic (exact) mass is 363 g/mol. The quantitative estimate of drug-likeness (QED) is 0.474. The normalized spacial score (nSPS) is 10.8. The van der Waals surface area contributed by atoms with E-state index < -0.39 is 5.97 Å². The number of hydrogen-bond donors (Lipinski definition) is 0. The van der Waals surface area contributed by atoms with Crippen LogP contribution >= 0.6 is 0 Å². The molecule has 0 amide bonds. The highest BCUT2D eigenvalue weighted by Crippen LogP contribution is 2.15. The first-order valence-electron chi connectivity index (χ1n) is 8.74. The number of benzene rings is 2. The molecule has 1 heterocycles. The Hall–Kier alpha value is -3.28. The van der Waals surface area contributed by atoms with Crippen molar-refractivity contribution in [2.45, 2.75) is 26.3 Å². The van der Waals surface area contributed by atoms with Crippen LogP contribution in [0.3, 0.4) is 0 Å². The van der Waals surface area contributed by atoms with E-state index in [0.717, 1.165) is 11.1 Å². The lowest BCUT2D eigenvalue weighted by Crippen LogP contribution is -2.14. The maximum absolute atomic E-state index is 12.2. The Morgan fingerprint density at radius 1 is 1.00 bits per heavy atom. The smallest absolute Gasteiger partial charge is 0.338 e. The van der Waals surface area contributed by atoms with Crippen molar-refractivity contribution >= 4 is 11.8 Å². The zero-order valence-electron chi connectivity index (χ0n) is 15.3. The lowest BCUT2D eigenvalue weighted by Gasteiger charge is -2.08. The van der Waals surface area contributed by atoms with Gasteiger partial charge >= 0.3 is 5.97 Å². The van der Waals surface area contributed by atoms with Crippen molar-refractivity contribution in [3.63, 3.8) is 0 Å². The summed E-state index contributed by atoms with van der Waals surface area (Å²) in [6, 6.07) is 14.4. The molecule has 6 nitrogen and oxygen atoms in total. The minimum absolute atomic E-state index is 0.221. The van der Waals surface area contributed by atoms with Gasteiger partial charge in [-0.1, -0.05) is 50.2 Å². The van der Waals surface area contributed by atoms with Crippen molar-refractivity contribution in [1.29, 1.82) is 0 Å². The van der Waals surface area contributed by atoms with Crippen LogP contribution in [0.5, 0.6) is 0 Å². The second kappa shape index (κ2) is 8.40. The highest BCUT2D eigenvalue weighted by molar-refractivity contribution is 5.99. The highest BCUT2D eigenvalue weighted by Gasteiger charge is 2.12. The van der Waals surface area contributed by atoms with E-state index in [0.29, 0.717) is 23.6 Å². The van der Waals surface area contributed by atoms with Gasteiger partial charge in [0.25, 0.3) is 0 Å². The first kappa shape index (κ1) is 18.5. The van der Waals surface area contributed by atoms with E-state index >= 15 is 0 Å². The molecule has 27 heavy (non-hydrogen) atoms. The molecule has 0 bridgehead atoms. The van der Waals surface area contributed by atoms with E-state index in [-0.39, 0.29) is 12.4 Å². The zero-order valence-corrected chi connectivity index (χ0v) is 15.3. The number of ether oxygens (including phenoxy) is 1. The molecule has 6 heteroatoms. The van der Waals surface area contributed by atoms with Crippen molar-refractivity contribution in [1.82, 2.24) is 14.8 Å². The average molecular weight is 363 g/mol. The minimum atomic E-state index is -0.519. The topological polar surface area (TPSA) is 74.1 Å². The van der Waals surface area contributed by atoms with Gasteiger partial charge in [0, 0.05) is 5.56 Å². The number of esters is 1. The molecule has 0 aliphatic heterocycles. The fourth-order valence-corrected chi connectivity index (χ4v) is 2.60. The number of carbonyl (C=O) groups excluding carboxylic acids is 2. The molecule has 0 unspecified atom stereocenters. The molecule has 2 aromatic carbocycles. The van der Waals surface area contributed by atoms with Crippen LogP contribution < -0.4 is 0 Å². The molecule has 0 saturated heterocycles. The third kappa shape index (κ3) is 4.88. The van der Waals surface area contributed by atoms with Crippen LogP contribution in [-0.4, -0.2) is 33.1 Å². The molecule has 0 fully saturated rings. The van der Waals surface area contributed by atoms with E-state index in [9.17, 15) is 9.59 Å². The molecular formula is C21H21N3O3. The SMILES string of the molecule is CC(C)c1ccc(C(=O)COC(=O)c2ccc(Cn3cncn3)cc2)cc1. The Labute approximate surface area is 157 Å². The predicted molar refractivity (Wildman–Crippen MR) is 101 cm³/mol. The summed E-state index contributed by atoms with van der Waals surface area (Å²) in [5.74, 6) is -0.338. The zero-order chi connectivity index (χ0) is 19.2. The van der Waals surface area contributed by atoms with Crippen molar-refractivity contribution in [2.75, 3.05) is 6.61 Å². The average Bonchev–Trinajstić information content (AvgIpc) is 3.19. The molecule has 0 saturated carbocycles. The minimum Gasteiger partial charge on any atom is -0.454 e. The van der Waals surface area contributed by atoms with Crippen molar-refractivity contribution in [2.24, 2.45) is 0 Å². The van der Waals surface area contributed by atoms with Crippen LogP contribution in [-0.2, 0) is 11.3 Å². The van der Waals surface area contributed by atoms with Crippen LogP contribution in [0.2, 0.25) is 0 Å². The van der Waals surface area contributed by atoms with Crippen LogP contribution in [0, 0.1) is 0 Å². The molecule has 0 atom stereocenters. The van der Waals surface area contributed by atoms with E-state index in [1.807, 2.05) is 24.3 Å². The molecule has 3 aromatic rings. The summed E-state index contributed by atoms with van der Waals surface area (Å²) in [6.45, 7) is 4.48. The lowest BCUT2D eigenvalue weighted by atomic mass is 10.0. The highest BCUT2D eigenvalue weighted by atomic mass is 16.5. The third-order valence-corrected chi connectivity index (χ3v) is 4.23. The number of Topliss-reactive ketones (excluding diaryl/α,β-unsaturated/α-hetero) is 1. The number of aromatic nitrogens is 3. The van der Waals surface area contributed by atoms with Gasteiger partial charge in [-0.2, -0.15) is 5.10 Å². The summed E-state index contributed by atoms with van der Waals surface area (Å²) in [6.07, 6.45) is 3.10. The molecular weight excluding hydrogens is 342 g/mol. The fraction of sp³-hybridized carbons (Fsp3) is 0.238. The molecule has 0 spiro atoms. The van der Waals surface area contributed by atoms with Gasteiger partial charge in [-0.25, -0.2) is 14.5 Å². The van der Waals surface area contributed by atoms with Gasteiger partial charge in [-0.15, -0.1) is 0 Å². The van der Waals surface area contributed by atoms with Crippen molar-refractivity contribution in [3.8, 4) is 0 Å². The lowest BCUT2D eigenvalue weighted by molar-refractivity contribution is 0.0474. The van der Waals surface area contributed by atoms with E-state index in [1.54, 1.807) is 35.3 Å². The predicted octanol–water partition coefficient (Wildman–Crippen LogP) is 3.49. The molecule has 0 radical (unpaired) electrons. The summed E-state index contributed by atoms with van der Waals surface area (Å²) >= 11 is 0. The van der Waals surface area contributed by atoms with Gasteiger partial charge in [0.1, 0.15) is 12.7 Å². The Balaban J connectivity index is 1.54. The maximum Gasteiger partial charge on any atom is 0.338 e. The number of nitrogens with zero attached hydrogens (tertiary/aromatic N) is 3. The second-order valence-electron chi connectivity index (χ2n) is 6.57. The Bertz CT molecular complexity index is 899. The summed E-state index contributed by atoms with van der Waals surface area (Å²) in [5, 5.41) is 4.04. The Morgan fingerprint density at radius 2 is 1.67 bits per heavy atom. The van der Waals surface area contributed by atoms with Crippen LogP contribution in [0.15, 0.2) is 61.2 Å². The van der Waals surface area contributed by atoms with E-state index in [4.69, 9.17) is 4.74 Å². The number of hydrogen-bond acceptors (Lipinski definition) is 5. The number of rotatable bonds is 7. The summed E-state index contributed by atoms with van der Waals surface area (Å²) in [4.78, 5) is 28.2. The van der Waals surface area contributed by atoms with Crippen molar-refractivity contribution in [3.05, 3.63) is 83.4 Å². The van der Waals surface area contributed by atoms with Gasteiger partial charge < -0.3 is 4.74 Å². The van der Waals surface area contributed by atoms with Crippen LogP contribution in [0.1, 0.15) is 51.6 Å². The van der Waals surface area contributed by atoms with Crippen molar-refractivity contribution < 1.29 is 14.3 Å². The number of ketones is 1. The Morgan fingerprint density at radius 3 is 2.26 bits per heavy atom. The summed E-state index contributed by atoms with van der Waals surface area (Å²) in [5.41, 5.74) is 3.09. The first-order valence-corrected chi connectivity index (χ1v) is 8.74. The summed E-state index contributed by atoms with van der Waals surface area (Å²) < 4.78 is 6.84. The van der Waals surface area contributed by atoms with Crippen LogP contribution in [0.25, 0.3) is 0 Å². The Kier molecular flexibility index (Phi) is 5.76. The molecule has 138 valence electrons. The number of carbonyl (C=O) groups is 2. The van der Waals surface area contributed by atoms with Gasteiger partial charge in [0.2, 0.25) is 0 Å². The largest absolute Gasteiger partial charge is 0.454 e. The first-order chi connectivity index (χ1) is 13.0. The van der Waals surface area contributed by atoms with E-state index in [1.165, 1.54) is 6.33 Å². The van der Waals surface area contributed by atoms with Gasteiger partial charge in [-0.05, 0) is 29.2 Å². The van der Waals surface area contributed by atoms with Gasteiger partial charge in [0.15, 0.2) is 12.4 Å². The molecule has 1 aromatic heterocycles. The molecule has 0 aliphatic carbocycles. The summed E-state index contributed by atoms with van der Waals surface area (Å²) in [7, 11) is 0. The third-order valence-electron chi connectivity index (χ3n) is 4.23. The maximum atomic E-state index is 12.2. The second-order valence-corrected chi connectivity index (χ2v) is 6.57. The van der Waals surface area contributed by atoms with E-state index in [2.05, 4.69) is 23.9 Å².